The number of hydrogen-bond donors (Lipinski definition) is 1. The predicted octanol–water partition coefficient (Wildman–Crippen LogP) is 1.96. The predicted molar refractivity (Wildman–Crippen MR) is 104 cm³/mol. The molecule has 0 atom stereocenters. The van der Waals surface area contributed by atoms with Crippen molar-refractivity contribution in [2.24, 2.45) is 0 Å². The lowest BCUT2D eigenvalue weighted by molar-refractivity contribution is -0.915. The van der Waals surface area contributed by atoms with Gasteiger partial charge < -0.3 is 19.0 Å². The Kier molecular flexibility index (Phi) is 5.07. The third-order valence-corrected chi connectivity index (χ3v) is 5.04. The number of quaternary nitrogens is 1. The molecule has 0 radical (unpaired) electrons. The van der Waals surface area contributed by atoms with Crippen molar-refractivity contribution in [3.63, 3.8) is 0 Å². The molecule has 3 aromatic rings. The van der Waals surface area contributed by atoms with E-state index in [-0.39, 0.29) is 0 Å². The molecule has 6 nitrogen and oxygen atoms in total. The van der Waals surface area contributed by atoms with E-state index in [1.807, 2.05) is 24.3 Å². The van der Waals surface area contributed by atoms with Crippen LogP contribution in [0.3, 0.4) is 0 Å². The summed E-state index contributed by atoms with van der Waals surface area (Å²) in [5, 5.41) is 8.47. The lowest BCUT2D eigenvalue weighted by Gasteiger charge is -2.33. The molecule has 0 aliphatic carbocycles. The van der Waals surface area contributed by atoms with Crippen molar-refractivity contribution in [1.82, 2.24) is 10.2 Å². The molecular formula is C21H25N4O2+. The van der Waals surface area contributed by atoms with E-state index in [0.717, 1.165) is 44.0 Å². The summed E-state index contributed by atoms with van der Waals surface area (Å²) in [6.45, 7) is 6.96. The maximum atomic E-state index is 5.89. The summed E-state index contributed by atoms with van der Waals surface area (Å²) in [6.07, 6.45) is 0. The molecule has 0 amide bonds. The summed E-state index contributed by atoms with van der Waals surface area (Å²) in [5.41, 5.74) is 3.41. The Hall–Kier alpha value is -2.86. The van der Waals surface area contributed by atoms with Crippen LogP contribution in [0.4, 0.5) is 5.69 Å². The zero-order chi connectivity index (χ0) is 18.6. The summed E-state index contributed by atoms with van der Waals surface area (Å²) < 4.78 is 11.1. The van der Waals surface area contributed by atoms with Crippen molar-refractivity contribution >= 4 is 5.69 Å². The molecule has 1 aliphatic heterocycles. The van der Waals surface area contributed by atoms with Crippen molar-refractivity contribution < 1.29 is 14.1 Å². The average Bonchev–Trinajstić information content (AvgIpc) is 3.17. The third kappa shape index (κ3) is 4.11. The van der Waals surface area contributed by atoms with Gasteiger partial charge in [-0.1, -0.05) is 17.7 Å². The maximum Gasteiger partial charge on any atom is 0.271 e. The van der Waals surface area contributed by atoms with E-state index in [4.69, 9.17) is 9.15 Å². The topological polar surface area (TPSA) is 55.8 Å². The number of hydrogen-bond acceptors (Lipinski definition) is 5. The molecule has 0 saturated carbocycles. The van der Waals surface area contributed by atoms with Crippen molar-refractivity contribution in [2.45, 2.75) is 13.5 Å². The van der Waals surface area contributed by atoms with Gasteiger partial charge in [0.2, 0.25) is 5.89 Å². The molecule has 2 heterocycles. The van der Waals surface area contributed by atoms with Gasteiger partial charge in [-0.2, -0.15) is 0 Å². The van der Waals surface area contributed by atoms with Gasteiger partial charge in [0, 0.05) is 11.3 Å². The van der Waals surface area contributed by atoms with Crippen LogP contribution < -0.4 is 14.5 Å². The molecule has 1 aromatic heterocycles. The molecule has 0 bridgehead atoms. The molecule has 4 rings (SSSR count). The second-order valence-electron chi connectivity index (χ2n) is 6.98. The number of anilines is 1. The van der Waals surface area contributed by atoms with Crippen LogP contribution in [0.25, 0.3) is 11.5 Å². The molecular weight excluding hydrogens is 340 g/mol. The van der Waals surface area contributed by atoms with Crippen LogP contribution in [0.5, 0.6) is 5.75 Å². The Morgan fingerprint density at radius 2 is 1.85 bits per heavy atom. The fourth-order valence-electron chi connectivity index (χ4n) is 3.48. The Morgan fingerprint density at radius 3 is 2.56 bits per heavy atom. The Morgan fingerprint density at radius 1 is 1.07 bits per heavy atom. The average molecular weight is 365 g/mol. The van der Waals surface area contributed by atoms with Crippen LogP contribution in [0.2, 0.25) is 0 Å². The fraction of sp³-hybridized carbons (Fsp3) is 0.333. The summed E-state index contributed by atoms with van der Waals surface area (Å²) in [4.78, 5) is 3.88. The van der Waals surface area contributed by atoms with Gasteiger partial charge in [-0.15, -0.1) is 10.2 Å². The van der Waals surface area contributed by atoms with Gasteiger partial charge in [-0.3, -0.25) is 0 Å². The van der Waals surface area contributed by atoms with Crippen molar-refractivity contribution in [2.75, 3.05) is 38.2 Å². The molecule has 1 saturated heterocycles. The number of aromatic nitrogens is 2. The van der Waals surface area contributed by atoms with Gasteiger partial charge in [0.05, 0.1) is 33.3 Å². The van der Waals surface area contributed by atoms with Crippen molar-refractivity contribution in [3.05, 3.63) is 60.0 Å². The Balaban J connectivity index is 1.34. The first-order chi connectivity index (χ1) is 13.2. The van der Waals surface area contributed by atoms with Crippen LogP contribution >= 0.6 is 0 Å². The van der Waals surface area contributed by atoms with E-state index < -0.39 is 0 Å². The monoisotopic (exact) mass is 365 g/mol. The van der Waals surface area contributed by atoms with Crippen LogP contribution in [0.1, 0.15) is 11.5 Å². The lowest BCUT2D eigenvalue weighted by atomic mass is 10.1. The second kappa shape index (κ2) is 7.80. The molecule has 1 fully saturated rings. The molecule has 0 spiro atoms. The quantitative estimate of drug-likeness (QED) is 0.749. The minimum absolute atomic E-state index is 0.602. The largest absolute Gasteiger partial charge is 0.497 e. The smallest absolute Gasteiger partial charge is 0.271 e. The first-order valence-electron chi connectivity index (χ1n) is 9.33. The van der Waals surface area contributed by atoms with E-state index >= 15 is 0 Å². The summed E-state index contributed by atoms with van der Waals surface area (Å²) in [5.74, 6) is 2.20. The van der Waals surface area contributed by atoms with Crippen LogP contribution in [0.15, 0.2) is 52.9 Å². The van der Waals surface area contributed by atoms with Crippen LogP contribution in [0, 0.1) is 6.92 Å². The van der Waals surface area contributed by atoms with Gasteiger partial charge in [0.15, 0.2) is 6.54 Å². The molecule has 1 aliphatic rings. The number of nitrogens with zero attached hydrogens (tertiary/aromatic N) is 3. The lowest BCUT2D eigenvalue weighted by Crippen LogP contribution is -3.13. The molecule has 6 heteroatoms. The maximum absolute atomic E-state index is 5.89. The Bertz CT molecular complexity index is 883. The van der Waals surface area contributed by atoms with Crippen molar-refractivity contribution in [3.8, 4) is 17.2 Å². The number of aryl methyl sites for hydroxylation is 1. The highest BCUT2D eigenvalue weighted by atomic mass is 16.5. The SMILES string of the molecule is COc1ccc(N2CC[NH+](Cc3nnc(-c4cccc(C)c4)o3)CC2)cc1. The molecule has 140 valence electrons. The minimum atomic E-state index is 0.602. The van der Waals surface area contributed by atoms with Crippen molar-refractivity contribution in [1.29, 1.82) is 0 Å². The zero-order valence-corrected chi connectivity index (χ0v) is 15.8. The summed E-state index contributed by atoms with van der Waals surface area (Å²) in [7, 11) is 1.69. The third-order valence-electron chi connectivity index (χ3n) is 5.04. The van der Waals surface area contributed by atoms with E-state index in [9.17, 15) is 0 Å². The number of piperazine rings is 1. The highest BCUT2D eigenvalue weighted by molar-refractivity contribution is 5.53. The number of nitrogens with one attached hydrogen (secondary N) is 1. The number of methoxy groups -OCH3 is 1. The molecule has 0 unspecified atom stereocenters. The Labute approximate surface area is 159 Å². The van der Waals surface area contributed by atoms with Gasteiger partial charge in [0.1, 0.15) is 5.75 Å². The van der Waals surface area contributed by atoms with Gasteiger partial charge in [0.25, 0.3) is 5.89 Å². The zero-order valence-electron chi connectivity index (χ0n) is 15.8. The van der Waals surface area contributed by atoms with Gasteiger partial charge in [-0.05, 0) is 43.3 Å². The number of rotatable bonds is 5. The highest BCUT2D eigenvalue weighted by Crippen LogP contribution is 2.20. The van der Waals surface area contributed by atoms with Crippen LogP contribution in [-0.4, -0.2) is 43.5 Å². The first kappa shape index (κ1) is 17.5. The van der Waals surface area contributed by atoms with E-state index in [2.05, 4.69) is 46.3 Å². The fourth-order valence-corrected chi connectivity index (χ4v) is 3.48. The first-order valence-corrected chi connectivity index (χ1v) is 9.33. The van der Waals surface area contributed by atoms with Gasteiger partial charge >= 0.3 is 0 Å². The summed E-state index contributed by atoms with van der Waals surface area (Å²) >= 11 is 0. The minimum Gasteiger partial charge on any atom is -0.497 e. The van der Waals surface area contributed by atoms with Gasteiger partial charge in [-0.25, -0.2) is 0 Å². The molecule has 2 aromatic carbocycles. The number of benzene rings is 2. The van der Waals surface area contributed by atoms with E-state index in [1.165, 1.54) is 16.2 Å². The van der Waals surface area contributed by atoms with Crippen LogP contribution in [-0.2, 0) is 6.54 Å². The standard InChI is InChI=1S/C21H24N4O2/c1-16-4-3-5-17(14-16)21-23-22-20(27-21)15-24-10-12-25(13-11-24)18-6-8-19(26-2)9-7-18/h3-9,14H,10-13,15H2,1-2H3/p+1. The highest BCUT2D eigenvalue weighted by Gasteiger charge is 2.22. The normalized spacial score (nSPS) is 15.1. The van der Waals surface area contributed by atoms with E-state index in [0.29, 0.717) is 11.8 Å². The molecule has 27 heavy (non-hydrogen) atoms. The summed E-state index contributed by atoms with van der Waals surface area (Å²) in [6, 6.07) is 16.4. The number of ether oxygens (including phenoxy) is 1. The molecule has 1 N–H and O–H groups in total. The van der Waals surface area contributed by atoms with E-state index in [1.54, 1.807) is 7.11 Å². The second-order valence-corrected chi connectivity index (χ2v) is 6.98.